The van der Waals surface area contributed by atoms with Crippen LogP contribution in [0.4, 0.5) is 5.69 Å². The van der Waals surface area contributed by atoms with Gasteiger partial charge >= 0.3 is 0 Å². The molecule has 3 aliphatic rings. The van der Waals surface area contributed by atoms with Crippen LogP contribution in [0, 0.1) is 17.3 Å². The Morgan fingerprint density at radius 3 is 2.44 bits per heavy atom. The zero-order valence-electron chi connectivity index (χ0n) is 20.6. The normalized spacial score (nSPS) is 23.1. The van der Waals surface area contributed by atoms with Crippen LogP contribution >= 0.6 is 0 Å². The van der Waals surface area contributed by atoms with Crippen LogP contribution in [-0.2, 0) is 19.3 Å². The van der Waals surface area contributed by atoms with Gasteiger partial charge in [-0.2, -0.15) is 0 Å². The molecule has 0 N–H and O–H groups in total. The van der Waals surface area contributed by atoms with E-state index in [1.54, 1.807) is 0 Å². The Morgan fingerprint density at radius 2 is 1.76 bits per heavy atom. The number of anilines is 1. The largest absolute Gasteiger partial charge is 0.345 e. The molecule has 0 aromatic heterocycles. The summed E-state index contributed by atoms with van der Waals surface area (Å²) in [4.78, 5) is 2.38. The molecule has 2 unspecified atom stereocenters. The monoisotopic (exact) mass is 445 g/mol. The third kappa shape index (κ3) is 3.55. The van der Waals surface area contributed by atoms with Crippen molar-refractivity contribution in [2.45, 2.75) is 32.6 Å². The van der Waals surface area contributed by atoms with E-state index in [0.717, 1.165) is 31.3 Å². The number of nitrogens with zero attached hydrogens (tertiary/aromatic N) is 1. The van der Waals surface area contributed by atoms with Gasteiger partial charge in [-0.3, -0.25) is 0 Å². The highest BCUT2D eigenvalue weighted by Crippen LogP contribution is 2.62. The Hall–Kier alpha value is -3.32. The first-order valence-corrected chi connectivity index (χ1v) is 12.5. The van der Waals surface area contributed by atoms with Gasteiger partial charge in [0, 0.05) is 29.8 Å². The van der Waals surface area contributed by atoms with Crippen molar-refractivity contribution in [2.24, 2.45) is 17.3 Å². The average molecular weight is 446 g/mol. The molecule has 1 heteroatoms. The molecule has 0 saturated heterocycles. The summed E-state index contributed by atoms with van der Waals surface area (Å²) in [6.45, 7) is 15.0. The van der Waals surface area contributed by atoms with Crippen LogP contribution in [0.15, 0.2) is 121 Å². The third-order valence-corrected chi connectivity index (χ3v) is 8.12. The maximum atomic E-state index is 4.62. The molecule has 0 heterocycles. The van der Waals surface area contributed by atoms with Crippen molar-refractivity contribution < 1.29 is 0 Å². The van der Waals surface area contributed by atoms with E-state index in [1.165, 1.54) is 39.2 Å². The fourth-order valence-corrected chi connectivity index (χ4v) is 6.41. The van der Waals surface area contributed by atoms with Gasteiger partial charge < -0.3 is 4.90 Å². The zero-order chi connectivity index (χ0) is 23.9. The first-order valence-electron chi connectivity index (χ1n) is 12.5. The molecular weight excluding hydrogens is 410 g/mol. The molecular formula is C33H35N. The molecule has 0 aliphatic heterocycles. The Kier molecular flexibility index (Phi) is 5.81. The van der Waals surface area contributed by atoms with Crippen molar-refractivity contribution in [1.29, 1.82) is 0 Å². The topological polar surface area (TPSA) is 3.24 Å². The second-order valence-corrected chi connectivity index (χ2v) is 10.1. The number of fused-ring (bicyclic) bond motifs is 3. The smallest absolute Gasteiger partial charge is 0.0440 e. The van der Waals surface area contributed by atoms with Gasteiger partial charge in [-0.1, -0.05) is 99.9 Å². The summed E-state index contributed by atoms with van der Waals surface area (Å²) < 4.78 is 0. The second-order valence-electron chi connectivity index (χ2n) is 10.1. The van der Waals surface area contributed by atoms with Crippen LogP contribution in [0.3, 0.4) is 0 Å². The molecule has 172 valence electrons. The molecule has 2 atom stereocenters. The number of aryl methyl sites for hydroxylation is 1. The molecule has 2 aromatic carbocycles. The molecule has 0 amide bonds. The molecule has 1 saturated carbocycles. The van der Waals surface area contributed by atoms with Crippen LogP contribution in [0.2, 0.25) is 0 Å². The van der Waals surface area contributed by atoms with Gasteiger partial charge in [-0.25, -0.2) is 0 Å². The first kappa shape index (κ1) is 22.5. The van der Waals surface area contributed by atoms with Crippen molar-refractivity contribution in [2.75, 3.05) is 11.9 Å². The van der Waals surface area contributed by atoms with E-state index in [9.17, 15) is 0 Å². The fourth-order valence-electron chi connectivity index (χ4n) is 6.41. The molecule has 0 radical (unpaired) electrons. The van der Waals surface area contributed by atoms with Crippen LogP contribution in [-0.4, -0.2) is 7.05 Å². The molecule has 5 rings (SSSR count). The maximum Gasteiger partial charge on any atom is 0.0440 e. The van der Waals surface area contributed by atoms with Crippen LogP contribution in [0.5, 0.6) is 0 Å². The summed E-state index contributed by atoms with van der Waals surface area (Å²) in [5, 5.41) is 0. The van der Waals surface area contributed by atoms with Crippen LogP contribution < -0.4 is 4.90 Å². The van der Waals surface area contributed by atoms with E-state index in [0.29, 0.717) is 11.8 Å². The average Bonchev–Trinajstić information content (AvgIpc) is 3.35. The summed E-state index contributed by atoms with van der Waals surface area (Å²) in [6.07, 6.45) is 15.7. The van der Waals surface area contributed by atoms with E-state index in [4.69, 9.17) is 0 Å². The molecule has 34 heavy (non-hydrogen) atoms. The SMILES string of the molecule is C=CC(=C)/C=C1\C(=C)C2C=CC(N(C)c3ccccc3CCC)=CC2C12Cc1ccccc1C2. The van der Waals surface area contributed by atoms with Crippen molar-refractivity contribution in [1.82, 2.24) is 0 Å². The lowest BCUT2D eigenvalue weighted by Crippen LogP contribution is -2.32. The van der Waals surface area contributed by atoms with Crippen molar-refractivity contribution >= 4 is 5.69 Å². The van der Waals surface area contributed by atoms with Gasteiger partial charge in [0.05, 0.1) is 0 Å². The predicted octanol–water partition coefficient (Wildman–Crippen LogP) is 7.79. The number of rotatable bonds is 6. The summed E-state index contributed by atoms with van der Waals surface area (Å²) in [5.41, 5.74) is 10.5. The number of allylic oxidation sites excluding steroid dienone is 8. The minimum atomic E-state index is 0.0111. The zero-order valence-corrected chi connectivity index (χ0v) is 20.6. The van der Waals surface area contributed by atoms with Gasteiger partial charge in [0.2, 0.25) is 0 Å². The second kappa shape index (κ2) is 8.80. The lowest BCUT2D eigenvalue weighted by molar-refractivity contribution is 0.282. The number of para-hydroxylation sites is 1. The molecule has 3 aliphatic carbocycles. The first-order chi connectivity index (χ1) is 16.5. The number of benzene rings is 2. The lowest BCUT2D eigenvalue weighted by atomic mass is 9.69. The van der Waals surface area contributed by atoms with E-state index in [2.05, 4.69) is 111 Å². The summed E-state index contributed by atoms with van der Waals surface area (Å²) in [5.74, 6) is 0.693. The summed E-state index contributed by atoms with van der Waals surface area (Å²) in [6, 6.07) is 17.8. The standard InChI is InChI=1S/C33H35N/c1-6-12-25-13-10-11-16-32(25)34(5)28-17-18-29-24(4)30(19-23(3)7-2)33(31(29)20-28)21-26-14-8-9-15-27(26)22-33/h7-11,13-20,29,31H,2-4,6,12,21-22H2,1,5H3/b30-19+. The minimum Gasteiger partial charge on any atom is -0.345 e. The predicted molar refractivity (Wildman–Crippen MR) is 146 cm³/mol. The van der Waals surface area contributed by atoms with Crippen LogP contribution in [0.25, 0.3) is 0 Å². The summed E-state index contributed by atoms with van der Waals surface area (Å²) >= 11 is 0. The van der Waals surface area contributed by atoms with Crippen LogP contribution in [0.1, 0.15) is 30.0 Å². The molecule has 0 bridgehead atoms. The molecule has 1 fully saturated rings. The Morgan fingerprint density at radius 1 is 1.09 bits per heavy atom. The molecule has 1 nitrogen and oxygen atoms in total. The highest BCUT2D eigenvalue weighted by Gasteiger charge is 2.55. The van der Waals surface area contributed by atoms with Gasteiger partial charge in [0.1, 0.15) is 0 Å². The number of hydrogen-bond donors (Lipinski definition) is 0. The van der Waals surface area contributed by atoms with E-state index in [-0.39, 0.29) is 5.41 Å². The quantitative estimate of drug-likeness (QED) is 0.410. The fraction of sp³-hybridized carbons (Fsp3) is 0.273. The number of likely N-dealkylation sites (N-methyl/N-ethyl adjacent to an activating group) is 1. The van der Waals surface area contributed by atoms with Gasteiger partial charge in [-0.15, -0.1) is 0 Å². The van der Waals surface area contributed by atoms with Gasteiger partial charge in [0.15, 0.2) is 0 Å². The van der Waals surface area contributed by atoms with Crippen molar-refractivity contribution in [3.63, 3.8) is 0 Å². The summed E-state index contributed by atoms with van der Waals surface area (Å²) in [7, 11) is 2.21. The van der Waals surface area contributed by atoms with E-state index >= 15 is 0 Å². The van der Waals surface area contributed by atoms with Gasteiger partial charge in [-0.05, 0) is 70.7 Å². The minimum absolute atomic E-state index is 0.0111. The Labute approximate surface area is 205 Å². The lowest BCUT2D eigenvalue weighted by Gasteiger charge is -2.35. The molecule has 1 spiro atoms. The van der Waals surface area contributed by atoms with Gasteiger partial charge in [0.25, 0.3) is 0 Å². The van der Waals surface area contributed by atoms with E-state index in [1.807, 2.05) is 6.08 Å². The van der Waals surface area contributed by atoms with Crippen molar-refractivity contribution in [3.8, 4) is 0 Å². The van der Waals surface area contributed by atoms with Crippen molar-refractivity contribution in [3.05, 3.63) is 138 Å². The molecule has 2 aromatic rings. The number of hydrogen-bond acceptors (Lipinski definition) is 1. The Bertz CT molecular complexity index is 1230. The van der Waals surface area contributed by atoms with E-state index < -0.39 is 0 Å². The Balaban J connectivity index is 1.59. The maximum absolute atomic E-state index is 4.62. The third-order valence-electron chi connectivity index (χ3n) is 8.12. The highest BCUT2D eigenvalue weighted by atomic mass is 15.1. The highest BCUT2D eigenvalue weighted by molar-refractivity contribution is 5.63.